The van der Waals surface area contributed by atoms with Crippen molar-refractivity contribution in [1.82, 2.24) is 0 Å². The van der Waals surface area contributed by atoms with Gasteiger partial charge in [-0.3, -0.25) is 4.79 Å². The van der Waals surface area contributed by atoms with Crippen LogP contribution in [0.3, 0.4) is 0 Å². The SMILES string of the molecule is O=C(c1ccccc1O)c1ccc(O)c(O)c1C(=O)O. The van der Waals surface area contributed by atoms with Crippen LogP contribution in [0.2, 0.25) is 0 Å². The second kappa shape index (κ2) is 4.93. The first-order chi connectivity index (χ1) is 9.43. The molecule has 0 spiro atoms. The quantitative estimate of drug-likeness (QED) is 0.500. The molecule has 6 nitrogen and oxygen atoms in total. The minimum atomic E-state index is -1.56. The third kappa shape index (κ3) is 2.14. The van der Waals surface area contributed by atoms with Crippen LogP contribution >= 0.6 is 0 Å². The molecule has 0 radical (unpaired) electrons. The van der Waals surface area contributed by atoms with Crippen LogP contribution in [-0.2, 0) is 0 Å². The first-order valence-electron chi connectivity index (χ1n) is 5.54. The Morgan fingerprint density at radius 3 is 2.05 bits per heavy atom. The van der Waals surface area contributed by atoms with Crippen molar-refractivity contribution in [2.24, 2.45) is 0 Å². The van der Waals surface area contributed by atoms with Gasteiger partial charge in [0, 0.05) is 5.56 Å². The molecule has 0 heterocycles. The van der Waals surface area contributed by atoms with Gasteiger partial charge in [-0.15, -0.1) is 0 Å². The minimum absolute atomic E-state index is 0.0971. The largest absolute Gasteiger partial charge is 0.507 e. The third-order valence-corrected chi connectivity index (χ3v) is 2.76. The number of carboxylic acids is 1. The normalized spacial score (nSPS) is 10.2. The zero-order valence-corrected chi connectivity index (χ0v) is 10.1. The number of carbonyl (C=O) groups is 2. The van der Waals surface area contributed by atoms with E-state index in [1.54, 1.807) is 0 Å². The number of phenols is 3. The van der Waals surface area contributed by atoms with Gasteiger partial charge >= 0.3 is 5.97 Å². The van der Waals surface area contributed by atoms with Crippen LogP contribution in [0.4, 0.5) is 0 Å². The molecule has 102 valence electrons. The van der Waals surface area contributed by atoms with Gasteiger partial charge in [-0.05, 0) is 24.3 Å². The predicted molar refractivity (Wildman–Crippen MR) is 68.3 cm³/mol. The topological polar surface area (TPSA) is 115 Å². The van der Waals surface area contributed by atoms with E-state index in [-0.39, 0.29) is 16.9 Å². The number of para-hydroxylation sites is 1. The molecule has 0 amide bonds. The standard InChI is InChI=1S/C14H10O6/c15-9-4-2-1-3-7(9)12(17)8-5-6-10(16)13(18)11(8)14(19)20/h1-6,15-16,18H,(H,19,20). The van der Waals surface area contributed by atoms with Crippen LogP contribution in [0.1, 0.15) is 26.3 Å². The molecular formula is C14H10O6. The van der Waals surface area contributed by atoms with E-state index in [0.717, 1.165) is 12.1 Å². The molecule has 6 heteroatoms. The van der Waals surface area contributed by atoms with E-state index in [2.05, 4.69) is 0 Å². The lowest BCUT2D eigenvalue weighted by atomic mass is 9.96. The maximum absolute atomic E-state index is 12.2. The molecular weight excluding hydrogens is 264 g/mol. The summed E-state index contributed by atoms with van der Waals surface area (Å²) in [6, 6.07) is 7.72. The molecule has 0 saturated carbocycles. The van der Waals surface area contributed by atoms with E-state index in [1.165, 1.54) is 24.3 Å². The summed E-state index contributed by atoms with van der Waals surface area (Å²) in [6.45, 7) is 0. The van der Waals surface area contributed by atoms with Crippen molar-refractivity contribution in [1.29, 1.82) is 0 Å². The summed E-state index contributed by atoms with van der Waals surface area (Å²) in [4.78, 5) is 23.4. The van der Waals surface area contributed by atoms with Crippen LogP contribution in [0.5, 0.6) is 17.2 Å². The van der Waals surface area contributed by atoms with Crippen LogP contribution in [0, 0.1) is 0 Å². The number of hydrogen-bond acceptors (Lipinski definition) is 5. The highest BCUT2D eigenvalue weighted by molar-refractivity contribution is 6.16. The van der Waals surface area contributed by atoms with Gasteiger partial charge in [0.05, 0.1) is 5.56 Å². The zero-order chi connectivity index (χ0) is 14.9. The van der Waals surface area contributed by atoms with Crippen LogP contribution in [0.25, 0.3) is 0 Å². The fourth-order valence-corrected chi connectivity index (χ4v) is 1.80. The molecule has 0 aliphatic heterocycles. The lowest BCUT2D eigenvalue weighted by molar-refractivity contribution is 0.0688. The molecule has 0 bridgehead atoms. The fraction of sp³-hybridized carbons (Fsp3) is 0. The Bertz CT molecular complexity index is 705. The number of ketones is 1. The predicted octanol–water partition coefficient (Wildman–Crippen LogP) is 1.73. The van der Waals surface area contributed by atoms with E-state index < -0.39 is 28.8 Å². The van der Waals surface area contributed by atoms with Crippen LogP contribution in [-0.4, -0.2) is 32.2 Å². The minimum Gasteiger partial charge on any atom is -0.507 e. The van der Waals surface area contributed by atoms with Gasteiger partial charge in [0.25, 0.3) is 0 Å². The number of rotatable bonds is 3. The lowest BCUT2D eigenvalue weighted by Crippen LogP contribution is -2.10. The number of carboxylic acid groups (broad SMARTS) is 1. The number of hydrogen-bond donors (Lipinski definition) is 4. The molecule has 4 N–H and O–H groups in total. The Morgan fingerprint density at radius 1 is 0.800 bits per heavy atom. The van der Waals surface area contributed by atoms with Crippen LogP contribution in [0.15, 0.2) is 36.4 Å². The molecule has 2 aromatic rings. The van der Waals surface area contributed by atoms with E-state index in [4.69, 9.17) is 5.11 Å². The van der Waals surface area contributed by atoms with Gasteiger partial charge in [-0.2, -0.15) is 0 Å². The summed E-state index contributed by atoms with van der Waals surface area (Å²) in [5.41, 5.74) is -1.13. The summed E-state index contributed by atoms with van der Waals surface area (Å²) < 4.78 is 0. The molecule has 0 aliphatic carbocycles. The van der Waals surface area contributed by atoms with Gasteiger partial charge < -0.3 is 20.4 Å². The number of aromatic carboxylic acids is 1. The van der Waals surface area contributed by atoms with E-state index in [9.17, 15) is 24.9 Å². The van der Waals surface area contributed by atoms with Gasteiger partial charge in [0.15, 0.2) is 17.3 Å². The zero-order valence-electron chi connectivity index (χ0n) is 10.1. The molecule has 20 heavy (non-hydrogen) atoms. The van der Waals surface area contributed by atoms with Crippen molar-refractivity contribution >= 4 is 11.8 Å². The maximum Gasteiger partial charge on any atom is 0.340 e. The van der Waals surface area contributed by atoms with Crippen molar-refractivity contribution in [3.05, 3.63) is 53.1 Å². The van der Waals surface area contributed by atoms with Crippen molar-refractivity contribution in [3.63, 3.8) is 0 Å². The summed E-state index contributed by atoms with van der Waals surface area (Å²) in [5, 5.41) is 37.5. The highest BCUT2D eigenvalue weighted by atomic mass is 16.4. The first kappa shape index (κ1) is 13.4. The smallest absolute Gasteiger partial charge is 0.340 e. The fourth-order valence-electron chi connectivity index (χ4n) is 1.80. The third-order valence-electron chi connectivity index (χ3n) is 2.76. The highest BCUT2D eigenvalue weighted by Gasteiger charge is 2.25. The first-order valence-corrected chi connectivity index (χ1v) is 5.54. The molecule has 2 aromatic carbocycles. The Hall–Kier alpha value is -3.02. The van der Waals surface area contributed by atoms with Crippen molar-refractivity contribution in [2.75, 3.05) is 0 Å². The van der Waals surface area contributed by atoms with Gasteiger partial charge in [0.1, 0.15) is 11.3 Å². The Labute approximate surface area is 113 Å². The van der Waals surface area contributed by atoms with Gasteiger partial charge in [-0.25, -0.2) is 4.79 Å². The molecule has 0 aliphatic rings. The molecule has 2 rings (SSSR count). The average Bonchev–Trinajstić information content (AvgIpc) is 2.41. The summed E-state index contributed by atoms with van der Waals surface area (Å²) in [7, 11) is 0. The number of aromatic hydroxyl groups is 3. The van der Waals surface area contributed by atoms with Crippen molar-refractivity contribution in [2.45, 2.75) is 0 Å². The van der Waals surface area contributed by atoms with Crippen molar-refractivity contribution < 1.29 is 30.0 Å². The second-order valence-electron chi connectivity index (χ2n) is 4.01. The number of benzene rings is 2. The van der Waals surface area contributed by atoms with Crippen LogP contribution < -0.4 is 0 Å². The van der Waals surface area contributed by atoms with E-state index in [0.29, 0.717) is 0 Å². The molecule has 0 unspecified atom stereocenters. The molecule has 0 atom stereocenters. The van der Waals surface area contributed by atoms with E-state index >= 15 is 0 Å². The Balaban J connectivity index is 2.65. The monoisotopic (exact) mass is 274 g/mol. The summed E-state index contributed by atoms with van der Waals surface area (Å²) >= 11 is 0. The average molecular weight is 274 g/mol. The van der Waals surface area contributed by atoms with Gasteiger partial charge in [0.2, 0.25) is 0 Å². The Kier molecular flexibility index (Phi) is 3.30. The summed E-state index contributed by atoms with van der Waals surface area (Å²) in [5.74, 6) is -4.16. The second-order valence-corrected chi connectivity index (χ2v) is 4.01. The van der Waals surface area contributed by atoms with Gasteiger partial charge in [-0.1, -0.05) is 12.1 Å². The number of carbonyl (C=O) groups excluding carboxylic acids is 1. The molecule has 0 fully saturated rings. The molecule has 0 saturated heterocycles. The van der Waals surface area contributed by atoms with Crippen molar-refractivity contribution in [3.8, 4) is 17.2 Å². The van der Waals surface area contributed by atoms with E-state index in [1.807, 2.05) is 0 Å². The highest BCUT2D eigenvalue weighted by Crippen LogP contribution is 2.33. The summed E-state index contributed by atoms with van der Waals surface area (Å²) in [6.07, 6.45) is 0. The lowest BCUT2D eigenvalue weighted by Gasteiger charge is -2.09. The molecule has 0 aromatic heterocycles. The Morgan fingerprint density at radius 2 is 1.45 bits per heavy atom. The maximum atomic E-state index is 12.2. The number of phenolic OH excluding ortho intramolecular Hbond substituents is 2.